The molecule has 35 heavy (non-hydrogen) atoms. The van der Waals surface area contributed by atoms with Crippen molar-refractivity contribution in [1.29, 1.82) is 0 Å². The maximum atomic E-state index is 13.5. The third kappa shape index (κ3) is 5.55. The summed E-state index contributed by atoms with van der Waals surface area (Å²) in [5, 5.41) is 2.75. The SMILES string of the molecule is NC(=O)CN1C(=O)[C@@H](NC(=O)c2ccccc2)CN(C(=O)CCc2ccccc2)c2ccccc21. The van der Waals surface area contributed by atoms with Crippen molar-refractivity contribution in [2.24, 2.45) is 5.73 Å². The van der Waals surface area contributed by atoms with Gasteiger partial charge in [-0.25, -0.2) is 0 Å². The monoisotopic (exact) mass is 470 g/mol. The van der Waals surface area contributed by atoms with Gasteiger partial charge in [0.2, 0.25) is 11.8 Å². The van der Waals surface area contributed by atoms with Crippen LogP contribution in [-0.2, 0) is 20.8 Å². The van der Waals surface area contributed by atoms with Crippen LogP contribution >= 0.6 is 0 Å². The Balaban J connectivity index is 1.66. The summed E-state index contributed by atoms with van der Waals surface area (Å²) in [5.74, 6) is -1.87. The minimum absolute atomic E-state index is 0.0721. The van der Waals surface area contributed by atoms with Crippen LogP contribution in [-0.4, -0.2) is 42.8 Å². The second kappa shape index (κ2) is 10.6. The van der Waals surface area contributed by atoms with E-state index in [1.807, 2.05) is 30.3 Å². The Morgan fingerprint density at radius 2 is 1.46 bits per heavy atom. The molecular formula is C27H26N4O4. The normalized spacial score (nSPS) is 15.2. The van der Waals surface area contributed by atoms with Crippen LogP contribution in [0.5, 0.6) is 0 Å². The van der Waals surface area contributed by atoms with E-state index < -0.39 is 23.8 Å². The van der Waals surface area contributed by atoms with Crippen LogP contribution in [0.15, 0.2) is 84.9 Å². The number of para-hydroxylation sites is 2. The van der Waals surface area contributed by atoms with Gasteiger partial charge in [0.25, 0.3) is 11.8 Å². The number of nitrogens with one attached hydrogen (secondary N) is 1. The Morgan fingerprint density at radius 1 is 0.857 bits per heavy atom. The summed E-state index contributed by atoms with van der Waals surface area (Å²) in [5.41, 5.74) is 7.71. The van der Waals surface area contributed by atoms with Crippen LogP contribution in [0.4, 0.5) is 11.4 Å². The average molecular weight is 471 g/mol. The van der Waals surface area contributed by atoms with Crippen LogP contribution < -0.4 is 20.9 Å². The molecule has 8 nitrogen and oxygen atoms in total. The van der Waals surface area contributed by atoms with Gasteiger partial charge in [0.15, 0.2) is 0 Å². The Morgan fingerprint density at radius 3 is 2.11 bits per heavy atom. The molecule has 1 aliphatic heterocycles. The number of rotatable bonds is 7. The minimum Gasteiger partial charge on any atom is -0.368 e. The van der Waals surface area contributed by atoms with Gasteiger partial charge in [-0.15, -0.1) is 0 Å². The van der Waals surface area contributed by atoms with Crippen molar-refractivity contribution in [1.82, 2.24) is 5.32 Å². The molecule has 4 amide bonds. The fourth-order valence-electron chi connectivity index (χ4n) is 4.11. The zero-order valence-corrected chi connectivity index (χ0v) is 19.1. The molecular weight excluding hydrogens is 444 g/mol. The first kappa shape index (κ1) is 23.7. The second-order valence-electron chi connectivity index (χ2n) is 8.26. The molecule has 3 aromatic carbocycles. The number of aryl methyl sites for hydroxylation is 1. The first-order valence-corrected chi connectivity index (χ1v) is 11.3. The Bertz CT molecular complexity index is 1230. The first-order valence-electron chi connectivity index (χ1n) is 11.3. The molecule has 0 spiro atoms. The van der Waals surface area contributed by atoms with Crippen LogP contribution in [0.25, 0.3) is 0 Å². The number of hydrogen-bond acceptors (Lipinski definition) is 4. The highest BCUT2D eigenvalue weighted by Gasteiger charge is 2.37. The largest absolute Gasteiger partial charge is 0.368 e. The van der Waals surface area contributed by atoms with Crippen LogP contribution in [0.2, 0.25) is 0 Å². The summed E-state index contributed by atoms with van der Waals surface area (Å²) in [6.07, 6.45) is 0.736. The molecule has 0 bridgehead atoms. The molecule has 0 aromatic heterocycles. The van der Waals surface area contributed by atoms with E-state index >= 15 is 0 Å². The molecule has 0 unspecified atom stereocenters. The topological polar surface area (TPSA) is 113 Å². The molecule has 1 aliphatic rings. The van der Waals surface area contributed by atoms with Gasteiger partial charge in [-0.1, -0.05) is 60.7 Å². The van der Waals surface area contributed by atoms with Crippen molar-refractivity contribution < 1.29 is 19.2 Å². The second-order valence-corrected chi connectivity index (χ2v) is 8.26. The smallest absolute Gasteiger partial charge is 0.251 e. The summed E-state index contributed by atoms with van der Waals surface area (Å²) in [4.78, 5) is 54.4. The average Bonchev–Trinajstić information content (AvgIpc) is 2.99. The van der Waals surface area contributed by atoms with E-state index in [2.05, 4.69) is 5.32 Å². The third-order valence-corrected chi connectivity index (χ3v) is 5.82. The first-order chi connectivity index (χ1) is 16.9. The van der Waals surface area contributed by atoms with Gasteiger partial charge in [-0.3, -0.25) is 24.1 Å². The van der Waals surface area contributed by atoms with E-state index in [1.54, 1.807) is 54.6 Å². The lowest BCUT2D eigenvalue weighted by Gasteiger charge is -2.25. The van der Waals surface area contributed by atoms with Crippen LogP contribution in [0, 0.1) is 0 Å². The Hall–Kier alpha value is -4.46. The van der Waals surface area contributed by atoms with Gasteiger partial charge in [-0.2, -0.15) is 0 Å². The standard InChI is InChI=1S/C27H26N4O4/c28-24(32)18-31-23-14-8-7-13-22(23)30(25(33)16-15-19-9-3-1-4-10-19)17-21(27(31)35)29-26(34)20-11-5-2-6-12-20/h1-14,21H,15-18H2,(H2,28,32)(H,29,34)/t21-/m0/s1. The lowest BCUT2D eigenvalue weighted by Crippen LogP contribution is -2.54. The van der Waals surface area contributed by atoms with E-state index in [9.17, 15) is 19.2 Å². The molecule has 1 atom stereocenters. The molecule has 0 saturated carbocycles. The van der Waals surface area contributed by atoms with Crippen molar-refractivity contribution in [2.75, 3.05) is 22.9 Å². The molecule has 8 heteroatoms. The maximum Gasteiger partial charge on any atom is 0.251 e. The van der Waals surface area contributed by atoms with Gasteiger partial charge in [0.1, 0.15) is 12.6 Å². The molecule has 0 fully saturated rings. The van der Waals surface area contributed by atoms with Crippen molar-refractivity contribution >= 4 is 35.0 Å². The molecule has 0 aliphatic carbocycles. The maximum absolute atomic E-state index is 13.5. The zero-order valence-electron chi connectivity index (χ0n) is 19.1. The molecule has 4 rings (SSSR count). The highest BCUT2D eigenvalue weighted by Crippen LogP contribution is 2.33. The molecule has 1 heterocycles. The quantitative estimate of drug-likeness (QED) is 0.552. The summed E-state index contributed by atoms with van der Waals surface area (Å²) >= 11 is 0. The summed E-state index contributed by atoms with van der Waals surface area (Å²) in [6, 6.07) is 23.9. The number of amides is 4. The van der Waals surface area contributed by atoms with Gasteiger partial charge in [-0.05, 0) is 36.2 Å². The number of benzene rings is 3. The van der Waals surface area contributed by atoms with E-state index in [4.69, 9.17) is 5.73 Å². The predicted octanol–water partition coefficient (Wildman–Crippen LogP) is 2.28. The fraction of sp³-hybridized carbons (Fsp3) is 0.185. The predicted molar refractivity (Wildman–Crippen MR) is 133 cm³/mol. The number of nitrogens with two attached hydrogens (primary N) is 1. The number of carbonyl (C=O) groups is 4. The van der Waals surface area contributed by atoms with Crippen molar-refractivity contribution in [3.8, 4) is 0 Å². The Kier molecular flexibility index (Phi) is 7.21. The highest BCUT2D eigenvalue weighted by atomic mass is 16.2. The van der Waals surface area contributed by atoms with Crippen molar-refractivity contribution in [3.05, 3.63) is 96.1 Å². The number of nitrogens with zero attached hydrogens (tertiary/aromatic N) is 2. The van der Waals surface area contributed by atoms with Gasteiger partial charge in [0.05, 0.1) is 17.9 Å². The number of fused-ring (bicyclic) bond motifs is 1. The minimum atomic E-state index is -1.07. The molecule has 0 radical (unpaired) electrons. The van der Waals surface area contributed by atoms with E-state index in [0.717, 1.165) is 5.56 Å². The third-order valence-electron chi connectivity index (χ3n) is 5.82. The van der Waals surface area contributed by atoms with E-state index in [1.165, 1.54) is 9.80 Å². The van der Waals surface area contributed by atoms with E-state index in [-0.39, 0.29) is 25.4 Å². The summed E-state index contributed by atoms with van der Waals surface area (Å²) in [7, 11) is 0. The molecule has 0 saturated heterocycles. The number of primary amides is 1. The Labute approximate surface area is 203 Å². The van der Waals surface area contributed by atoms with Crippen molar-refractivity contribution in [3.63, 3.8) is 0 Å². The van der Waals surface area contributed by atoms with Gasteiger partial charge >= 0.3 is 0 Å². The molecule has 3 aromatic rings. The zero-order chi connectivity index (χ0) is 24.8. The van der Waals surface area contributed by atoms with Gasteiger partial charge < -0.3 is 16.0 Å². The summed E-state index contributed by atoms with van der Waals surface area (Å²) in [6.45, 7) is -0.448. The van der Waals surface area contributed by atoms with E-state index in [0.29, 0.717) is 23.4 Å². The molecule has 178 valence electrons. The lowest BCUT2D eigenvalue weighted by molar-refractivity contribution is -0.123. The molecule has 3 N–H and O–H groups in total. The van der Waals surface area contributed by atoms with Crippen LogP contribution in [0.1, 0.15) is 22.3 Å². The van der Waals surface area contributed by atoms with Crippen molar-refractivity contribution in [2.45, 2.75) is 18.9 Å². The number of carbonyl (C=O) groups excluding carboxylic acids is 4. The van der Waals surface area contributed by atoms with Crippen LogP contribution in [0.3, 0.4) is 0 Å². The van der Waals surface area contributed by atoms with Gasteiger partial charge in [0, 0.05) is 12.0 Å². The fourth-order valence-corrected chi connectivity index (χ4v) is 4.11. The summed E-state index contributed by atoms with van der Waals surface area (Å²) < 4.78 is 0. The lowest BCUT2D eigenvalue weighted by atomic mass is 10.1. The highest BCUT2D eigenvalue weighted by molar-refractivity contribution is 6.10. The number of hydrogen-bond donors (Lipinski definition) is 2. The number of anilines is 2.